The molecule has 1 N–H and O–H groups in total. The van der Waals surface area contributed by atoms with Crippen molar-refractivity contribution in [3.63, 3.8) is 0 Å². The van der Waals surface area contributed by atoms with Crippen LogP contribution in [0.5, 0.6) is 5.75 Å². The highest BCUT2D eigenvalue weighted by molar-refractivity contribution is 8.26. The largest absolute Gasteiger partial charge is 0.488 e. The van der Waals surface area contributed by atoms with Crippen LogP contribution in [0.1, 0.15) is 11.1 Å². The number of amides is 1. The number of ether oxygens (including phenoxy) is 1. The summed E-state index contributed by atoms with van der Waals surface area (Å²) < 4.78 is 6.71. The number of nitrogens with one attached hydrogen (secondary N) is 1. The lowest BCUT2D eigenvalue weighted by Gasteiger charge is -2.12. The van der Waals surface area contributed by atoms with Gasteiger partial charge < -0.3 is 10.1 Å². The molecule has 0 atom stereocenters. The molecule has 4 aromatic rings. The molecule has 0 bridgehead atoms. The first-order chi connectivity index (χ1) is 15.7. The van der Waals surface area contributed by atoms with E-state index in [0.717, 1.165) is 27.6 Å². The van der Waals surface area contributed by atoms with Crippen LogP contribution in [0, 0.1) is 0 Å². The van der Waals surface area contributed by atoms with Crippen molar-refractivity contribution in [2.24, 2.45) is 0 Å². The van der Waals surface area contributed by atoms with Crippen molar-refractivity contribution < 1.29 is 9.53 Å². The average Bonchev–Trinajstić information content (AvgIpc) is 3.15. The van der Waals surface area contributed by atoms with Crippen molar-refractivity contribution in [1.29, 1.82) is 0 Å². The summed E-state index contributed by atoms with van der Waals surface area (Å²) in [6.07, 6.45) is 1.85. The maximum Gasteiger partial charge on any atom is 0.263 e. The Kier molecular flexibility index (Phi) is 5.75. The Morgan fingerprint density at radius 1 is 0.844 bits per heavy atom. The summed E-state index contributed by atoms with van der Waals surface area (Å²) >= 11 is 6.39. The molecule has 4 aromatic carbocycles. The number of carbonyl (C=O) groups is 1. The van der Waals surface area contributed by atoms with Crippen LogP contribution in [0.3, 0.4) is 0 Å². The second-order valence-electron chi connectivity index (χ2n) is 7.44. The van der Waals surface area contributed by atoms with Crippen LogP contribution in [-0.4, -0.2) is 10.2 Å². The SMILES string of the molecule is O=C1NC(=S)S/C1=C/c1cc2ccccc2cc1OCc1ccc(-c2ccccc2)cc1. The first kappa shape index (κ1) is 20.5. The summed E-state index contributed by atoms with van der Waals surface area (Å²) in [5, 5.41) is 4.84. The van der Waals surface area contributed by atoms with E-state index >= 15 is 0 Å². The number of benzene rings is 4. The predicted octanol–water partition coefficient (Wildman–Crippen LogP) is 6.57. The highest BCUT2D eigenvalue weighted by atomic mass is 32.2. The molecule has 0 aromatic heterocycles. The summed E-state index contributed by atoms with van der Waals surface area (Å²) in [6, 6.07) is 30.9. The molecule has 1 heterocycles. The van der Waals surface area contributed by atoms with E-state index in [4.69, 9.17) is 17.0 Å². The van der Waals surface area contributed by atoms with Crippen LogP contribution < -0.4 is 10.1 Å². The van der Waals surface area contributed by atoms with Gasteiger partial charge in [-0.25, -0.2) is 0 Å². The van der Waals surface area contributed by atoms with E-state index in [-0.39, 0.29) is 5.91 Å². The van der Waals surface area contributed by atoms with E-state index < -0.39 is 0 Å². The highest BCUT2D eigenvalue weighted by Gasteiger charge is 2.22. The van der Waals surface area contributed by atoms with Crippen molar-refractivity contribution in [2.75, 3.05) is 0 Å². The normalized spacial score (nSPS) is 14.7. The molecule has 1 saturated heterocycles. The minimum absolute atomic E-state index is 0.171. The molecule has 1 aliphatic rings. The van der Waals surface area contributed by atoms with Gasteiger partial charge >= 0.3 is 0 Å². The molecule has 1 fully saturated rings. The van der Waals surface area contributed by atoms with E-state index in [1.807, 2.05) is 48.5 Å². The van der Waals surface area contributed by atoms with Gasteiger partial charge in [-0.05, 0) is 45.7 Å². The molecule has 0 spiro atoms. The Morgan fingerprint density at radius 3 is 2.19 bits per heavy atom. The smallest absolute Gasteiger partial charge is 0.263 e. The number of rotatable bonds is 5. The van der Waals surface area contributed by atoms with Gasteiger partial charge in [-0.15, -0.1) is 0 Å². The van der Waals surface area contributed by atoms with Crippen LogP contribution in [0.4, 0.5) is 0 Å². The van der Waals surface area contributed by atoms with Gasteiger partial charge in [0.05, 0.1) is 4.91 Å². The van der Waals surface area contributed by atoms with Crippen molar-refractivity contribution in [2.45, 2.75) is 6.61 Å². The molecule has 0 radical (unpaired) electrons. The van der Waals surface area contributed by atoms with Crippen molar-refractivity contribution in [3.8, 4) is 16.9 Å². The zero-order valence-electron chi connectivity index (χ0n) is 17.1. The molecule has 156 valence electrons. The molecular formula is C27H19NO2S2. The van der Waals surface area contributed by atoms with Crippen LogP contribution >= 0.6 is 24.0 Å². The van der Waals surface area contributed by atoms with Crippen LogP contribution in [0.15, 0.2) is 95.9 Å². The van der Waals surface area contributed by atoms with E-state index in [0.29, 0.717) is 15.8 Å². The highest BCUT2D eigenvalue weighted by Crippen LogP contribution is 2.33. The minimum atomic E-state index is -0.171. The fourth-order valence-electron chi connectivity index (χ4n) is 3.62. The number of hydrogen-bond donors (Lipinski definition) is 1. The molecule has 0 unspecified atom stereocenters. The molecule has 1 aliphatic heterocycles. The van der Waals surface area contributed by atoms with Gasteiger partial charge in [0, 0.05) is 5.56 Å². The maximum atomic E-state index is 12.2. The van der Waals surface area contributed by atoms with Crippen molar-refractivity contribution in [1.82, 2.24) is 5.32 Å². The first-order valence-electron chi connectivity index (χ1n) is 10.2. The van der Waals surface area contributed by atoms with Crippen LogP contribution in [0.25, 0.3) is 28.0 Å². The fourth-order valence-corrected chi connectivity index (χ4v) is 4.66. The van der Waals surface area contributed by atoms with Crippen LogP contribution in [0.2, 0.25) is 0 Å². The quantitative estimate of drug-likeness (QED) is 0.274. The van der Waals surface area contributed by atoms with Gasteiger partial charge in [0.1, 0.15) is 16.7 Å². The van der Waals surface area contributed by atoms with Gasteiger partial charge in [0.2, 0.25) is 0 Å². The molecular weight excluding hydrogens is 434 g/mol. The van der Waals surface area contributed by atoms with E-state index in [2.05, 4.69) is 53.8 Å². The minimum Gasteiger partial charge on any atom is -0.488 e. The Morgan fingerprint density at radius 2 is 1.50 bits per heavy atom. The van der Waals surface area contributed by atoms with Crippen molar-refractivity contribution >= 4 is 51.1 Å². The molecule has 3 nitrogen and oxygen atoms in total. The van der Waals surface area contributed by atoms with Crippen molar-refractivity contribution in [3.05, 3.63) is 107 Å². The Bertz CT molecular complexity index is 1350. The van der Waals surface area contributed by atoms with Gasteiger partial charge in [-0.3, -0.25) is 4.79 Å². The van der Waals surface area contributed by atoms with Gasteiger partial charge in [0.25, 0.3) is 5.91 Å². The van der Waals surface area contributed by atoms with Gasteiger partial charge in [-0.2, -0.15) is 0 Å². The van der Waals surface area contributed by atoms with E-state index in [1.165, 1.54) is 22.9 Å². The van der Waals surface area contributed by atoms with Crippen LogP contribution in [-0.2, 0) is 11.4 Å². The molecule has 5 rings (SSSR count). The molecule has 5 heteroatoms. The van der Waals surface area contributed by atoms with E-state index in [9.17, 15) is 4.79 Å². The third-order valence-corrected chi connectivity index (χ3v) is 6.42. The lowest BCUT2D eigenvalue weighted by atomic mass is 10.0. The average molecular weight is 454 g/mol. The summed E-state index contributed by atoms with van der Waals surface area (Å²) in [7, 11) is 0. The molecule has 0 saturated carbocycles. The number of hydrogen-bond acceptors (Lipinski definition) is 4. The standard InChI is InChI=1S/C27H19NO2S2/c29-26-25(32-27(31)28-26)16-23-14-21-8-4-5-9-22(21)15-24(23)30-17-18-10-12-20(13-11-18)19-6-2-1-3-7-19/h1-16H,17H2,(H,28,29,31)/b25-16+. The Hall–Kier alpha value is -3.41. The molecule has 32 heavy (non-hydrogen) atoms. The lowest BCUT2D eigenvalue weighted by molar-refractivity contribution is -0.115. The fraction of sp³-hybridized carbons (Fsp3) is 0.0370. The second-order valence-corrected chi connectivity index (χ2v) is 9.16. The zero-order chi connectivity index (χ0) is 21.9. The summed E-state index contributed by atoms with van der Waals surface area (Å²) in [6.45, 7) is 0.432. The summed E-state index contributed by atoms with van der Waals surface area (Å²) in [4.78, 5) is 12.7. The zero-order valence-corrected chi connectivity index (χ0v) is 18.7. The Balaban J connectivity index is 1.42. The topological polar surface area (TPSA) is 38.3 Å². The second kappa shape index (κ2) is 8.99. The number of fused-ring (bicyclic) bond motifs is 1. The molecule has 1 amide bonds. The lowest BCUT2D eigenvalue weighted by Crippen LogP contribution is -2.17. The summed E-state index contributed by atoms with van der Waals surface area (Å²) in [5.41, 5.74) is 4.29. The Labute approximate surface area is 196 Å². The van der Waals surface area contributed by atoms with Gasteiger partial charge in [-0.1, -0.05) is 103 Å². The maximum absolute atomic E-state index is 12.2. The third kappa shape index (κ3) is 4.44. The first-order valence-corrected chi connectivity index (χ1v) is 11.4. The molecule has 0 aliphatic carbocycles. The number of carbonyl (C=O) groups excluding carboxylic acids is 1. The van der Waals surface area contributed by atoms with E-state index in [1.54, 1.807) is 0 Å². The number of thioether (sulfide) groups is 1. The number of thiocarbonyl (C=S) groups is 1. The third-order valence-electron chi connectivity index (χ3n) is 5.26. The van der Waals surface area contributed by atoms with Gasteiger partial charge in [0.15, 0.2) is 0 Å². The predicted molar refractivity (Wildman–Crippen MR) is 136 cm³/mol. The summed E-state index contributed by atoms with van der Waals surface area (Å²) in [5.74, 6) is 0.560. The monoisotopic (exact) mass is 453 g/mol.